The van der Waals surface area contributed by atoms with E-state index in [9.17, 15) is 22.8 Å². The van der Waals surface area contributed by atoms with Crippen LogP contribution in [0.2, 0.25) is 0 Å². The highest BCUT2D eigenvalue weighted by atomic mass is 32.1. The van der Waals surface area contributed by atoms with Crippen LogP contribution in [0.25, 0.3) is 10.9 Å². The lowest BCUT2D eigenvalue weighted by Gasteiger charge is -2.14. The lowest BCUT2D eigenvalue weighted by Crippen LogP contribution is -2.28. The van der Waals surface area contributed by atoms with Gasteiger partial charge in [-0.1, -0.05) is 30.3 Å². The number of nitrogens with zero attached hydrogens (tertiary/aromatic N) is 1. The van der Waals surface area contributed by atoms with Crippen LogP contribution in [0.4, 0.5) is 13.2 Å². The van der Waals surface area contributed by atoms with Gasteiger partial charge in [0, 0.05) is 25.1 Å². The Bertz CT molecular complexity index is 1150. The Hall–Kier alpha value is -3.14. The molecule has 3 aromatic rings. The number of aromatic nitrogens is 2. The number of hydrogen-bond acceptors (Lipinski definition) is 4. The van der Waals surface area contributed by atoms with Gasteiger partial charge in [0.05, 0.1) is 10.9 Å². The maximum Gasteiger partial charge on any atom is 0.573 e. The fourth-order valence-corrected chi connectivity index (χ4v) is 3.06. The number of benzene rings is 2. The number of halogens is 3. The minimum absolute atomic E-state index is 0.0333. The standard InChI is InChI=1S/C19H16F3N3O3S/c20-19(21,22)28-15-8-4-1-5-12(15)11-23-16(26)9-10-25-17(27)13-6-2-3-7-14(13)24-18(25)29/h1-8H,9-11H2,(H,23,26)(H,24,29). The van der Waals surface area contributed by atoms with Crippen LogP contribution in [0.3, 0.4) is 0 Å². The summed E-state index contributed by atoms with van der Waals surface area (Å²) in [7, 11) is 0. The van der Waals surface area contributed by atoms with Gasteiger partial charge in [0.25, 0.3) is 5.56 Å². The van der Waals surface area contributed by atoms with Crippen LogP contribution < -0.4 is 15.6 Å². The fraction of sp³-hybridized carbons (Fsp3) is 0.211. The van der Waals surface area contributed by atoms with E-state index in [4.69, 9.17) is 12.2 Å². The van der Waals surface area contributed by atoms with Crippen LogP contribution in [0.1, 0.15) is 12.0 Å². The van der Waals surface area contributed by atoms with Gasteiger partial charge < -0.3 is 15.0 Å². The second-order valence-corrected chi connectivity index (χ2v) is 6.50. The van der Waals surface area contributed by atoms with E-state index >= 15 is 0 Å². The van der Waals surface area contributed by atoms with E-state index in [2.05, 4.69) is 15.0 Å². The number of amides is 1. The summed E-state index contributed by atoms with van der Waals surface area (Å²) >= 11 is 5.18. The Balaban J connectivity index is 1.66. The first-order valence-corrected chi connectivity index (χ1v) is 8.97. The zero-order valence-electron chi connectivity index (χ0n) is 15.0. The highest BCUT2D eigenvalue weighted by Gasteiger charge is 2.31. The van der Waals surface area contributed by atoms with Gasteiger partial charge >= 0.3 is 6.36 Å². The zero-order chi connectivity index (χ0) is 21.0. The summed E-state index contributed by atoms with van der Waals surface area (Å²) in [5, 5.41) is 2.97. The molecule has 0 saturated heterocycles. The first kappa shape index (κ1) is 20.6. The third-order valence-electron chi connectivity index (χ3n) is 4.13. The molecule has 0 fully saturated rings. The first-order chi connectivity index (χ1) is 13.7. The van der Waals surface area contributed by atoms with Gasteiger partial charge in [0.15, 0.2) is 4.77 Å². The number of rotatable bonds is 6. The van der Waals surface area contributed by atoms with E-state index in [1.165, 1.54) is 22.8 Å². The summed E-state index contributed by atoms with van der Waals surface area (Å²) in [6.45, 7) is -0.115. The molecule has 29 heavy (non-hydrogen) atoms. The predicted molar refractivity (Wildman–Crippen MR) is 103 cm³/mol. The molecule has 0 aliphatic rings. The van der Waals surface area contributed by atoms with Crippen molar-refractivity contribution in [2.45, 2.75) is 25.9 Å². The number of aromatic amines is 1. The van der Waals surface area contributed by atoms with Gasteiger partial charge in [-0.25, -0.2) is 0 Å². The van der Waals surface area contributed by atoms with Crippen molar-refractivity contribution >= 4 is 29.0 Å². The first-order valence-electron chi connectivity index (χ1n) is 8.57. The quantitative estimate of drug-likeness (QED) is 0.594. The third-order valence-corrected chi connectivity index (χ3v) is 4.45. The monoisotopic (exact) mass is 423 g/mol. The van der Waals surface area contributed by atoms with Crippen LogP contribution >= 0.6 is 12.2 Å². The average molecular weight is 423 g/mol. The van der Waals surface area contributed by atoms with Crippen molar-refractivity contribution < 1.29 is 22.7 Å². The van der Waals surface area contributed by atoms with Crippen molar-refractivity contribution in [2.75, 3.05) is 0 Å². The summed E-state index contributed by atoms with van der Waals surface area (Å²) in [4.78, 5) is 27.6. The molecule has 2 aromatic carbocycles. The number of ether oxygens (including phenoxy) is 1. The van der Waals surface area contributed by atoms with Crippen LogP contribution in [0, 0.1) is 4.77 Å². The van der Waals surface area contributed by atoms with Crippen LogP contribution in [0.15, 0.2) is 53.3 Å². The van der Waals surface area contributed by atoms with E-state index in [0.29, 0.717) is 10.9 Å². The van der Waals surface area contributed by atoms with Gasteiger partial charge in [-0.05, 0) is 30.4 Å². The van der Waals surface area contributed by atoms with Gasteiger partial charge in [-0.3, -0.25) is 14.2 Å². The van der Waals surface area contributed by atoms with Gasteiger partial charge in [-0.15, -0.1) is 13.2 Å². The van der Waals surface area contributed by atoms with Gasteiger partial charge in [0.1, 0.15) is 5.75 Å². The number of alkyl halides is 3. The van der Waals surface area contributed by atoms with Gasteiger partial charge in [-0.2, -0.15) is 0 Å². The fourth-order valence-electron chi connectivity index (χ4n) is 2.77. The smallest absolute Gasteiger partial charge is 0.405 e. The molecule has 1 aromatic heterocycles. The summed E-state index contributed by atoms with van der Waals surface area (Å²) < 4.78 is 42.8. The molecule has 6 nitrogen and oxygen atoms in total. The molecular formula is C19H16F3N3O3S. The second kappa shape index (κ2) is 8.48. The minimum Gasteiger partial charge on any atom is -0.405 e. The third kappa shape index (κ3) is 5.23. The molecule has 0 bridgehead atoms. The molecule has 152 valence electrons. The number of carbonyl (C=O) groups is 1. The van der Waals surface area contributed by atoms with E-state index in [1.54, 1.807) is 30.3 Å². The number of hydrogen-bond donors (Lipinski definition) is 2. The molecule has 0 unspecified atom stereocenters. The second-order valence-electron chi connectivity index (χ2n) is 6.11. The summed E-state index contributed by atoms with van der Waals surface area (Å²) in [6.07, 6.45) is -4.90. The number of H-pyrrole nitrogens is 1. The molecule has 0 saturated carbocycles. The van der Waals surface area contributed by atoms with Crippen molar-refractivity contribution in [3.05, 3.63) is 69.2 Å². The Morgan fingerprint density at radius 1 is 1.14 bits per heavy atom. The molecule has 0 aliphatic heterocycles. The predicted octanol–water partition coefficient (Wildman–Crippen LogP) is 3.66. The normalized spacial score (nSPS) is 11.4. The molecule has 0 atom stereocenters. The molecule has 2 N–H and O–H groups in total. The Labute approximate surface area is 167 Å². The van der Waals surface area contributed by atoms with Crippen LogP contribution in [-0.2, 0) is 17.9 Å². The number of carbonyl (C=O) groups excluding carboxylic acids is 1. The maximum absolute atomic E-state index is 12.5. The summed E-state index contributed by atoms with van der Waals surface area (Å²) in [6, 6.07) is 12.4. The van der Waals surface area contributed by atoms with Gasteiger partial charge in [0.2, 0.25) is 5.91 Å². The van der Waals surface area contributed by atoms with E-state index in [0.717, 1.165) is 0 Å². The SMILES string of the molecule is O=C(CCn1c(=S)[nH]c2ccccc2c1=O)NCc1ccccc1OC(F)(F)F. The topological polar surface area (TPSA) is 76.1 Å². The highest BCUT2D eigenvalue weighted by Crippen LogP contribution is 2.26. The summed E-state index contributed by atoms with van der Waals surface area (Å²) in [5.41, 5.74) is 0.462. The van der Waals surface area contributed by atoms with Crippen molar-refractivity contribution in [3.8, 4) is 5.75 Å². The van der Waals surface area contributed by atoms with Crippen molar-refractivity contribution in [3.63, 3.8) is 0 Å². The molecule has 0 spiro atoms. The molecule has 1 heterocycles. The number of fused-ring (bicyclic) bond motifs is 1. The van der Waals surface area contributed by atoms with E-state index < -0.39 is 12.3 Å². The van der Waals surface area contributed by atoms with E-state index in [-0.39, 0.29) is 41.2 Å². The zero-order valence-corrected chi connectivity index (χ0v) is 15.8. The molecule has 10 heteroatoms. The molecule has 0 aliphatic carbocycles. The average Bonchev–Trinajstić information content (AvgIpc) is 2.66. The largest absolute Gasteiger partial charge is 0.573 e. The van der Waals surface area contributed by atoms with Crippen molar-refractivity contribution in [2.24, 2.45) is 0 Å². The Kier molecular flexibility index (Phi) is 6.02. The Morgan fingerprint density at radius 2 is 1.83 bits per heavy atom. The molecule has 0 radical (unpaired) electrons. The number of nitrogens with one attached hydrogen (secondary N) is 2. The highest BCUT2D eigenvalue weighted by molar-refractivity contribution is 7.71. The molecular weight excluding hydrogens is 407 g/mol. The summed E-state index contributed by atoms with van der Waals surface area (Å²) in [5.74, 6) is -0.824. The lowest BCUT2D eigenvalue weighted by molar-refractivity contribution is -0.274. The van der Waals surface area contributed by atoms with Crippen molar-refractivity contribution in [1.29, 1.82) is 0 Å². The maximum atomic E-state index is 12.5. The van der Waals surface area contributed by atoms with E-state index in [1.807, 2.05) is 0 Å². The number of para-hydroxylation sites is 2. The Morgan fingerprint density at radius 3 is 2.59 bits per heavy atom. The lowest BCUT2D eigenvalue weighted by atomic mass is 10.2. The van der Waals surface area contributed by atoms with Crippen LogP contribution in [0.5, 0.6) is 5.75 Å². The molecule has 3 rings (SSSR count). The van der Waals surface area contributed by atoms with Crippen LogP contribution in [-0.4, -0.2) is 21.8 Å². The minimum atomic E-state index is -4.83. The molecule has 1 amide bonds. The van der Waals surface area contributed by atoms with Crippen molar-refractivity contribution in [1.82, 2.24) is 14.9 Å².